The summed E-state index contributed by atoms with van der Waals surface area (Å²) in [6.07, 6.45) is 5.07. The molecule has 1 saturated heterocycles. The molecule has 0 spiro atoms. The van der Waals surface area contributed by atoms with Gasteiger partial charge in [0.05, 0.1) is 5.69 Å². The zero-order chi connectivity index (χ0) is 21.6. The summed E-state index contributed by atoms with van der Waals surface area (Å²) in [6.45, 7) is 3.83. The molecule has 2 aromatic carbocycles. The first-order valence-electron chi connectivity index (χ1n) is 10.7. The van der Waals surface area contributed by atoms with Gasteiger partial charge in [0.25, 0.3) is 5.91 Å². The first kappa shape index (κ1) is 21.4. The van der Waals surface area contributed by atoms with E-state index in [1.807, 2.05) is 24.3 Å². The minimum Gasteiger partial charge on any atom is -0.449 e. The van der Waals surface area contributed by atoms with Gasteiger partial charge in [-0.25, -0.2) is 0 Å². The SMILES string of the molecule is O=C(CN1C(=O)/C(=C\c2cccc(Cl)c2)Oc2ccccc21)NCCCN1CCCC1. The van der Waals surface area contributed by atoms with Gasteiger partial charge in [-0.3, -0.25) is 14.5 Å². The molecule has 2 heterocycles. The molecule has 1 N–H and O–H groups in total. The lowest BCUT2D eigenvalue weighted by Crippen LogP contribution is -2.44. The fraction of sp³-hybridized carbons (Fsp3) is 0.333. The van der Waals surface area contributed by atoms with E-state index in [2.05, 4.69) is 10.2 Å². The molecule has 7 heteroatoms. The third kappa shape index (κ3) is 5.46. The summed E-state index contributed by atoms with van der Waals surface area (Å²) in [6, 6.07) is 14.4. The summed E-state index contributed by atoms with van der Waals surface area (Å²) in [5.74, 6) is 0.152. The molecule has 0 radical (unpaired) electrons. The molecule has 2 aliphatic heterocycles. The van der Waals surface area contributed by atoms with Crippen LogP contribution in [0.25, 0.3) is 6.08 Å². The summed E-state index contributed by atoms with van der Waals surface area (Å²) in [5.41, 5.74) is 1.34. The second-order valence-corrected chi connectivity index (χ2v) is 8.21. The van der Waals surface area contributed by atoms with Crippen LogP contribution in [0.4, 0.5) is 5.69 Å². The normalized spacial score (nSPS) is 17.5. The van der Waals surface area contributed by atoms with Crippen LogP contribution in [0, 0.1) is 0 Å². The number of hydrogen-bond donors (Lipinski definition) is 1. The number of fused-ring (bicyclic) bond motifs is 1. The van der Waals surface area contributed by atoms with Crippen molar-refractivity contribution in [1.82, 2.24) is 10.2 Å². The Labute approximate surface area is 187 Å². The number of hydrogen-bond acceptors (Lipinski definition) is 4. The molecule has 1 fully saturated rings. The van der Waals surface area contributed by atoms with Crippen molar-refractivity contribution in [3.05, 3.63) is 64.9 Å². The Bertz CT molecular complexity index is 986. The van der Waals surface area contributed by atoms with Gasteiger partial charge in [-0.2, -0.15) is 0 Å². The number of para-hydroxylation sites is 2. The number of amides is 2. The molecular weight excluding hydrogens is 414 g/mol. The smallest absolute Gasteiger partial charge is 0.294 e. The largest absolute Gasteiger partial charge is 0.449 e. The number of rotatable bonds is 7. The molecular formula is C24H26ClN3O3. The molecule has 6 nitrogen and oxygen atoms in total. The number of carbonyl (C=O) groups is 2. The highest BCUT2D eigenvalue weighted by Crippen LogP contribution is 2.35. The fourth-order valence-corrected chi connectivity index (χ4v) is 4.10. The van der Waals surface area contributed by atoms with Gasteiger partial charge in [0.15, 0.2) is 11.5 Å². The van der Waals surface area contributed by atoms with E-state index >= 15 is 0 Å². The number of nitrogens with zero attached hydrogens (tertiary/aromatic N) is 2. The van der Waals surface area contributed by atoms with Gasteiger partial charge >= 0.3 is 0 Å². The Morgan fingerprint density at radius 2 is 1.94 bits per heavy atom. The predicted octanol–water partition coefficient (Wildman–Crippen LogP) is 3.71. The topological polar surface area (TPSA) is 61.9 Å². The Balaban J connectivity index is 1.43. The number of ether oxygens (including phenoxy) is 1. The second kappa shape index (κ2) is 9.98. The van der Waals surface area contributed by atoms with E-state index in [4.69, 9.17) is 16.3 Å². The average molecular weight is 440 g/mol. The van der Waals surface area contributed by atoms with Crippen molar-refractivity contribution in [1.29, 1.82) is 0 Å². The van der Waals surface area contributed by atoms with Crippen LogP contribution in [-0.2, 0) is 9.59 Å². The van der Waals surface area contributed by atoms with Crippen LogP contribution in [0.15, 0.2) is 54.3 Å². The van der Waals surface area contributed by atoms with E-state index < -0.39 is 0 Å². The lowest BCUT2D eigenvalue weighted by molar-refractivity contribution is -0.123. The standard InChI is InChI=1S/C24H26ClN3O3/c25-19-8-5-7-18(15-19)16-22-24(30)28(20-9-1-2-10-21(20)31-22)17-23(29)26-11-6-14-27-12-3-4-13-27/h1-2,5,7-10,15-16H,3-4,6,11-14,17H2,(H,26,29)/b22-16+. The first-order valence-corrected chi connectivity index (χ1v) is 11.0. The van der Waals surface area contributed by atoms with Crippen molar-refractivity contribution in [2.24, 2.45) is 0 Å². The van der Waals surface area contributed by atoms with Crippen LogP contribution in [0.5, 0.6) is 5.75 Å². The number of benzene rings is 2. The zero-order valence-corrected chi connectivity index (χ0v) is 18.1. The number of carbonyl (C=O) groups excluding carboxylic acids is 2. The molecule has 0 atom stereocenters. The van der Waals surface area contributed by atoms with Gasteiger partial charge in [-0.05, 0) is 74.8 Å². The molecule has 2 aliphatic rings. The minimum atomic E-state index is -0.356. The van der Waals surface area contributed by atoms with E-state index in [0.29, 0.717) is 23.0 Å². The summed E-state index contributed by atoms with van der Waals surface area (Å²) in [7, 11) is 0. The van der Waals surface area contributed by atoms with E-state index in [1.165, 1.54) is 17.7 Å². The maximum absolute atomic E-state index is 13.1. The Morgan fingerprint density at radius 1 is 1.13 bits per heavy atom. The minimum absolute atomic E-state index is 0.0597. The number of nitrogens with one attached hydrogen (secondary N) is 1. The van der Waals surface area contributed by atoms with E-state index in [9.17, 15) is 9.59 Å². The van der Waals surface area contributed by atoms with Gasteiger partial charge in [-0.15, -0.1) is 0 Å². The van der Waals surface area contributed by atoms with Gasteiger partial charge in [-0.1, -0.05) is 35.9 Å². The number of likely N-dealkylation sites (tertiary alicyclic amines) is 1. The highest BCUT2D eigenvalue weighted by molar-refractivity contribution is 6.30. The molecule has 0 aromatic heterocycles. The summed E-state index contributed by atoms with van der Waals surface area (Å²) in [5, 5.41) is 3.51. The second-order valence-electron chi connectivity index (χ2n) is 7.78. The molecule has 31 heavy (non-hydrogen) atoms. The Morgan fingerprint density at radius 3 is 2.74 bits per heavy atom. The van der Waals surface area contributed by atoms with Crippen LogP contribution in [0.2, 0.25) is 5.02 Å². The van der Waals surface area contributed by atoms with Gasteiger partial charge in [0.2, 0.25) is 5.91 Å². The molecule has 0 saturated carbocycles. The lowest BCUT2D eigenvalue weighted by atomic mass is 10.1. The summed E-state index contributed by atoms with van der Waals surface area (Å²) < 4.78 is 5.84. The summed E-state index contributed by atoms with van der Waals surface area (Å²) >= 11 is 6.06. The van der Waals surface area contributed by atoms with Crippen LogP contribution >= 0.6 is 11.6 Å². The average Bonchev–Trinajstić information content (AvgIpc) is 3.28. The molecule has 0 unspecified atom stereocenters. The van der Waals surface area contributed by atoms with Crippen molar-refractivity contribution in [2.75, 3.05) is 37.6 Å². The van der Waals surface area contributed by atoms with Crippen molar-refractivity contribution in [3.63, 3.8) is 0 Å². The monoisotopic (exact) mass is 439 g/mol. The summed E-state index contributed by atoms with van der Waals surface area (Å²) in [4.78, 5) is 29.6. The third-order valence-corrected chi connectivity index (χ3v) is 5.69. The molecule has 4 rings (SSSR count). The van der Waals surface area contributed by atoms with Crippen molar-refractivity contribution >= 4 is 35.2 Å². The first-order chi connectivity index (χ1) is 15.1. The maximum Gasteiger partial charge on any atom is 0.294 e. The molecule has 0 aliphatic carbocycles. The van der Waals surface area contributed by atoms with Gasteiger partial charge < -0.3 is 15.0 Å². The van der Waals surface area contributed by atoms with Crippen molar-refractivity contribution < 1.29 is 14.3 Å². The van der Waals surface area contributed by atoms with Gasteiger partial charge in [0.1, 0.15) is 6.54 Å². The van der Waals surface area contributed by atoms with Crippen molar-refractivity contribution in [3.8, 4) is 5.75 Å². The fourth-order valence-electron chi connectivity index (χ4n) is 3.90. The molecule has 0 bridgehead atoms. The van der Waals surface area contributed by atoms with E-state index in [1.54, 1.807) is 30.3 Å². The zero-order valence-electron chi connectivity index (χ0n) is 17.4. The molecule has 162 valence electrons. The van der Waals surface area contributed by atoms with Crippen LogP contribution in [0.1, 0.15) is 24.8 Å². The Hall–Kier alpha value is -2.83. The predicted molar refractivity (Wildman–Crippen MR) is 122 cm³/mol. The number of anilines is 1. The lowest BCUT2D eigenvalue weighted by Gasteiger charge is -2.30. The van der Waals surface area contributed by atoms with E-state index in [0.717, 1.165) is 31.6 Å². The van der Waals surface area contributed by atoms with Crippen LogP contribution < -0.4 is 15.0 Å². The van der Waals surface area contributed by atoms with Gasteiger partial charge in [0, 0.05) is 11.6 Å². The van der Waals surface area contributed by atoms with E-state index in [-0.39, 0.29) is 24.1 Å². The molecule has 2 amide bonds. The van der Waals surface area contributed by atoms with Crippen molar-refractivity contribution in [2.45, 2.75) is 19.3 Å². The number of halogens is 1. The quantitative estimate of drug-likeness (QED) is 0.527. The Kier molecular flexibility index (Phi) is 6.89. The maximum atomic E-state index is 13.1. The van der Waals surface area contributed by atoms with Crippen LogP contribution in [0.3, 0.4) is 0 Å². The molecule has 2 aromatic rings. The van der Waals surface area contributed by atoms with Crippen LogP contribution in [-0.4, -0.2) is 49.4 Å². The third-order valence-electron chi connectivity index (χ3n) is 5.45. The highest BCUT2D eigenvalue weighted by atomic mass is 35.5. The highest BCUT2D eigenvalue weighted by Gasteiger charge is 2.31.